The molecule has 1 amide bonds. The summed E-state index contributed by atoms with van der Waals surface area (Å²) >= 11 is 0. The third-order valence-corrected chi connectivity index (χ3v) is 2.00. The van der Waals surface area contributed by atoms with E-state index >= 15 is 0 Å². The Bertz CT molecular complexity index is 372. The van der Waals surface area contributed by atoms with Crippen LogP contribution in [0.15, 0.2) is 6.07 Å². The molecule has 14 heavy (non-hydrogen) atoms. The summed E-state index contributed by atoms with van der Waals surface area (Å²) in [7, 11) is 3.68. The van der Waals surface area contributed by atoms with Gasteiger partial charge in [-0.3, -0.25) is 4.79 Å². The number of carbonyl (C=O) groups excluding carboxylic acids is 1. The van der Waals surface area contributed by atoms with Gasteiger partial charge in [0.05, 0.1) is 5.56 Å². The Morgan fingerprint density at radius 2 is 2.00 bits per heavy atom. The Kier molecular flexibility index (Phi) is 2.74. The molecule has 0 aliphatic carbocycles. The molecule has 0 saturated heterocycles. The van der Waals surface area contributed by atoms with Crippen LogP contribution in [0, 0.1) is 13.8 Å². The minimum Gasteiger partial charge on any atom is -0.365 e. The summed E-state index contributed by atoms with van der Waals surface area (Å²) in [5, 5.41) is 0. The largest absolute Gasteiger partial charge is 0.365 e. The van der Waals surface area contributed by atoms with E-state index in [1.54, 1.807) is 4.90 Å². The van der Waals surface area contributed by atoms with E-state index in [2.05, 4.69) is 4.98 Å². The van der Waals surface area contributed by atoms with E-state index in [0.29, 0.717) is 11.4 Å². The number of rotatable bonds is 2. The van der Waals surface area contributed by atoms with Crippen molar-refractivity contribution >= 4 is 11.7 Å². The predicted molar refractivity (Wildman–Crippen MR) is 56.6 cm³/mol. The van der Waals surface area contributed by atoms with Crippen LogP contribution >= 0.6 is 0 Å². The highest BCUT2D eigenvalue weighted by atomic mass is 16.1. The lowest BCUT2D eigenvalue weighted by Crippen LogP contribution is -2.21. The van der Waals surface area contributed by atoms with Crippen molar-refractivity contribution in [3.05, 3.63) is 22.9 Å². The molecule has 0 atom stereocenters. The molecule has 0 saturated carbocycles. The van der Waals surface area contributed by atoms with Crippen molar-refractivity contribution in [2.75, 3.05) is 19.0 Å². The summed E-state index contributed by atoms with van der Waals surface area (Å²) in [5.41, 5.74) is 7.55. The van der Waals surface area contributed by atoms with E-state index in [4.69, 9.17) is 5.73 Å². The fourth-order valence-electron chi connectivity index (χ4n) is 1.45. The van der Waals surface area contributed by atoms with E-state index in [0.717, 1.165) is 11.3 Å². The lowest BCUT2D eigenvalue weighted by atomic mass is 10.1. The number of amides is 1. The minimum atomic E-state index is -0.432. The Morgan fingerprint density at radius 3 is 2.43 bits per heavy atom. The van der Waals surface area contributed by atoms with Crippen molar-refractivity contribution in [3.63, 3.8) is 0 Å². The molecule has 0 aliphatic heterocycles. The number of aryl methyl sites for hydroxylation is 2. The first-order valence-electron chi connectivity index (χ1n) is 4.39. The molecule has 76 valence electrons. The predicted octanol–water partition coefficient (Wildman–Crippen LogP) is 0.863. The number of anilines is 1. The van der Waals surface area contributed by atoms with Crippen molar-refractivity contribution < 1.29 is 4.79 Å². The molecular weight excluding hydrogens is 178 g/mol. The third-order valence-electron chi connectivity index (χ3n) is 2.00. The molecule has 0 fully saturated rings. The van der Waals surface area contributed by atoms with E-state index in [9.17, 15) is 4.79 Å². The number of hydrogen-bond donors (Lipinski definition) is 1. The average Bonchev–Trinajstić information content (AvgIpc) is 2.01. The van der Waals surface area contributed by atoms with Crippen LogP contribution in [0.4, 0.5) is 5.82 Å². The van der Waals surface area contributed by atoms with E-state index in [-0.39, 0.29) is 0 Å². The molecule has 1 heterocycles. The molecule has 1 rings (SSSR count). The molecule has 0 spiro atoms. The van der Waals surface area contributed by atoms with Gasteiger partial charge in [-0.1, -0.05) is 0 Å². The van der Waals surface area contributed by atoms with E-state index < -0.39 is 5.91 Å². The topological polar surface area (TPSA) is 59.2 Å². The fourth-order valence-corrected chi connectivity index (χ4v) is 1.45. The molecule has 0 unspecified atom stereocenters. The maximum atomic E-state index is 11.2. The Labute approximate surface area is 83.7 Å². The number of pyridine rings is 1. The molecule has 0 aliphatic rings. The molecule has 1 aromatic heterocycles. The van der Waals surface area contributed by atoms with Gasteiger partial charge in [0.15, 0.2) is 0 Å². The molecule has 0 aromatic carbocycles. The monoisotopic (exact) mass is 193 g/mol. The third kappa shape index (κ3) is 1.84. The van der Waals surface area contributed by atoms with Gasteiger partial charge in [0, 0.05) is 19.8 Å². The van der Waals surface area contributed by atoms with Gasteiger partial charge in [0.25, 0.3) is 5.91 Å². The smallest absolute Gasteiger partial charge is 0.252 e. The van der Waals surface area contributed by atoms with Gasteiger partial charge in [0.2, 0.25) is 0 Å². The summed E-state index contributed by atoms with van der Waals surface area (Å²) in [6.45, 7) is 3.76. The average molecular weight is 193 g/mol. The summed E-state index contributed by atoms with van der Waals surface area (Å²) in [6.07, 6.45) is 0. The molecule has 2 N–H and O–H groups in total. The van der Waals surface area contributed by atoms with Crippen LogP contribution in [0.25, 0.3) is 0 Å². The molecule has 4 heteroatoms. The standard InChI is InChI=1S/C10H15N3O/c1-6-5-7(2)12-10(13(3)4)8(6)9(11)14/h5H,1-4H3,(H2,11,14). The van der Waals surface area contributed by atoms with Gasteiger partial charge in [-0.2, -0.15) is 0 Å². The summed E-state index contributed by atoms with van der Waals surface area (Å²) in [4.78, 5) is 17.3. The molecular formula is C10H15N3O. The number of aromatic nitrogens is 1. The number of primary amides is 1. The Balaban J connectivity index is 3.44. The van der Waals surface area contributed by atoms with Crippen molar-refractivity contribution in [1.82, 2.24) is 4.98 Å². The zero-order chi connectivity index (χ0) is 10.9. The first kappa shape index (κ1) is 10.5. The lowest BCUT2D eigenvalue weighted by molar-refractivity contribution is 0.1000. The maximum absolute atomic E-state index is 11.2. The fraction of sp³-hybridized carbons (Fsp3) is 0.400. The quantitative estimate of drug-likeness (QED) is 0.758. The van der Waals surface area contributed by atoms with Gasteiger partial charge in [-0.15, -0.1) is 0 Å². The normalized spacial score (nSPS) is 10.0. The maximum Gasteiger partial charge on any atom is 0.252 e. The second-order valence-corrected chi connectivity index (χ2v) is 3.54. The molecule has 4 nitrogen and oxygen atoms in total. The van der Waals surface area contributed by atoms with E-state index in [1.165, 1.54) is 0 Å². The Hall–Kier alpha value is -1.58. The van der Waals surface area contributed by atoms with Gasteiger partial charge < -0.3 is 10.6 Å². The molecule has 0 bridgehead atoms. The zero-order valence-electron chi connectivity index (χ0n) is 8.96. The molecule has 1 aromatic rings. The second kappa shape index (κ2) is 3.65. The second-order valence-electron chi connectivity index (χ2n) is 3.54. The lowest BCUT2D eigenvalue weighted by Gasteiger charge is -2.16. The highest BCUT2D eigenvalue weighted by Crippen LogP contribution is 2.19. The Morgan fingerprint density at radius 1 is 1.43 bits per heavy atom. The summed E-state index contributed by atoms with van der Waals surface area (Å²) < 4.78 is 0. The van der Waals surface area contributed by atoms with Crippen molar-refractivity contribution in [2.45, 2.75) is 13.8 Å². The van der Waals surface area contributed by atoms with Gasteiger partial charge in [-0.25, -0.2) is 4.98 Å². The number of carbonyl (C=O) groups is 1. The van der Waals surface area contributed by atoms with Crippen molar-refractivity contribution in [2.24, 2.45) is 5.73 Å². The first-order valence-corrected chi connectivity index (χ1v) is 4.39. The van der Waals surface area contributed by atoms with Gasteiger partial charge in [0.1, 0.15) is 5.82 Å². The summed E-state index contributed by atoms with van der Waals surface area (Å²) in [5.74, 6) is 0.203. The SMILES string of the molecule is Cc1cc(C)c(C(N)=O)c(N(C)C)n1. The van der Waals surface area contributed by atoms with Crippen molar-refractivity contribution in [1.29, 1.82) is 0 Å². The minimum absolute atomic E-state index is 0.432. The van der Waals surface area contributed by atoms with Crippen LogP contribution in [-0.2, 0) is 0 Å². The van der Waals surface area contributed by atoms with Crippen LogP contribution in [-0.4, -0.2) is 25.0 Å². The van der Waals surface area contributed by atoms with Crippen LogP contribution in [0.1, 0.15) is 21.6 Å². The highest BCUT2D eigenvalue weighted by molar-refractivity contribution is 5.99. The van der Waals surface area contributed by atoms with Crippen molar-refractivity contribution in [3.8, 4) is 0 Å². The van der Waals surface area contributed by atoms with Gasteiger partial charge >= 0.3 is 0 Å². The number of nitrogens with zero attached hydrogens (tertiary/aromatic N) is 2. The van der Waals surface area contributed by atoms with Crippen LogP contribution in [0.5, 0.6) is 0 Å². The zero-order valence-corrected chi connectivity index (χ0v) is 8.96. The van der Waals surface area contributed by atoms with Crippen LogP contribution < -0.4 is 10.6 Å². The first-order chi connectivity index (χ1) is 6.43. The van der Waals surface area contributed by atoms with Crippen LogP contribution in [0.3, 0.4) is 0 Å². The number of nitrogens with two attached hydrogens (primary N) is 1. The highest BCUT2D eigenvalue weighted by Gasteiger charge is 2.14. The number of hydrogen-bond acceptors (Lipinski definition) is 3. The van der Waals surface area contributed by atoms with Crippen LogP contribution in [0.2, 0.25) is 0 Å². The summed E-state index contributed by atoms with van der Waals surface area (Å²) in [6, 6.07) is 1.85. The van der Waals surface area contributed by atoms with Gasteiger partial charge in [-0.05, 0) is 25.5 Å². The van der Waals surface area contributed by atoms with E-state index in [1.807, 2.05) is 34.0 Å². The molecule has 0 radical (unpaired) electrons.